The van der Waals surface area contributed by atoms with Gasteiger partial charge in [0, 0.05) is 17.8 Å². The van der Waals surface area contributed by atoms with Gasteiger partial charge in [0.25, 0.3) is 0 Å². The molecule has 1 aliphatic carbocycles. The van der Waals surface area contributed by atoms with Gasteiger partial charge in [-0.3, -0.25) is 4.79 Å². The molecule has 1 amide bonds. The Morgan fingerprint density at radius 3 is 2.94 bits per heavy atom. The summed E-state index contributed by atoms with van der Waals surface area (Å²) in [6.45, 7) is 0.343. The molecule has 2 rings (SSSR count). The van der Waals surface area contributed by atoms with E-state index in [4.69, 9.17) is 16.3 Å². The second-order valence-electron chi connectivity index (χ2n) is 4.05. The molecule has 17 heavy (non-hydrogen) atoms. The van der Waals surface area contributed by atoms with Crippen LogP contribution in [0, 0.1) is 0 Å². The molecule has 0 saturated heterocycles. The molecule has 5 heteroatoms. The Balaban J connectivity index is 1.90. The second-order valence-corrected chi connectivity index (χ2v) is 4.46. The largest absolute Gasteiger partial charge is 0.495 e. The topological polar surface area (TPSA) is 50.4 Å². The third kappa shape index (κ3) is 3.61. The number of carbonyl (C=O) groups is 1. The van der Waals surface area contributed by atoms with E-state index in [1.165, 1.54) is 12.8 Å². The van der Waals surface area contributed by atoms with Gasteiger partial charge in [0.1, 0.15) is 5.75 Å². The number of methoxy groups -OCH3 is 1. The highest BCUT2D eigenvalue weighted by atomic mass is 35.5. The first-order valence-electron chi connectivity index (χ1n) is 5.56. The van der Waals surface area contributed by atoms with Crippen molar-refractivity contribution in [3.8, 4) is 5.75 Å². The van der Waals surface area contributed by atoms with Gasteiger partial charge in [-0.2, -0.15) is 0 Å². The van der Waals surface area contributed by atoms with Crippen LogP contribution in [-0.2, 0) is 4.79 Å². The standard InChI is InChI=1S/C12H15ClN2O2/c1-17-11-6-9(4-5-10(11)13)15-12(16)7-14-8-2-3-8/h4-6,8,14H,2-3,7H2,1H3,(H,15,16). The first-order chi connectivity index (χ1) is 8.19. The fourth-order valence-electron chi connectivity index (χ4n) is 1.47. The van der Waals surface area contributed by atoms with Gasteiger partial charge in [0.15, 0.2) is 0 Å². The van der Waals surface area contributed by atoms with Crippen molar-refractivity contribution >= 4 is 23.2 Å². The second kappa shape index (κ2) is 5.38. The molecule has 1 fully saturated rings. The van der Waals surface area contributed by atoms with E-state index in [1.807, 2.05) is 0 Å². The molecule has 1 saturated carbocycles. The Labute approximate surface area is 105 Å². The molecule has 2 N–H and O–H groups in total. The number of benzene rings is 1. The van der Waals surface area contributed by atoms with Crippen LogP contribution in [0.4, 0.5) is 5.69 Å². The normalized spacial score (nSPS) is 14.5. The maximum atomic E-state index is 11.6. The highest BCUT2D eigenvalue weighted by molar-refractivity contribution is 6.32. The molecule has 0 heterocycles. The first-order valence-corrected chi connectivity index (χ1v) is 5.93. The summed E-state index contributed by atoms with van der Waals surface area (Å²) in [5.74, 6) is 0.501. The van der Waals surface area contributed by atoms with E-state index < -0.39 is 0 Å². The number of hydrogen-bond donors (Lipinski definition) is 2. The molecular weight excluding hydrogens is 240 g/mol. The lowest BCUT2D eigenvalue weighted by molar-refractivity contribution is -0.115. The quantitative estimate of drug-likeness (QED) is 0.846. The van der Waals surface area contributed by atoms with Crippen LogP contribution in [0.2, 0.25) is 5.02 Å². The number of nitrogens with one attached hydrogen (secondary N) is 2. The molecule has 0 aromatic heterocycles. The molecule has 0 bridgehead atoms. The van der Waals surface area contributed by atoms with E-state index >= 15 is 0 Å². The average Bonchev–Trinajstić information content (AvgIpc) is 3.13. The van der Waals surface area contributed by atoms with Gasteiger partial charge in [-0.25, -0.2) is 0 Å². The molecule has 0 aliphatic heterocycles. The summed E-state index contributed by atoms with van der Waals surface area (Å²) in [5.41, 5.74) is 0.689. The van der Waals surface area contributed by atoms with Crippen molar-refractivity contribution in [2.45, 2.75) is 18.9 Å². The lowest BCUT2D eigenvalue weighted by Gasteiger charge is -2.08. The molecular formula is C12H15ClN2O2. The van der Waals surface area contributed by atoms with Crippen molar-refractivity contribution in [2.24, 2.45) is 0 Å². The van der Waals surface area contributed by atoms with Crippen LogP contribution in [0.1, 0.15) is 12.8 Å². The fourth-order valence-corrected chi connectivity index (χ4v) is 1.66. The predicted molar refractivity (Wildman–Crippen MR) is 67.7 cm³/mol. The zero-order valence-electron chi connectivity index (χ0n) is 9.63. The van der Waals surface area contributed by atoms with E-state index in [-0.39, 0.29) is 5.91 Å². The molecule has 1 aromatic rings. The molecule has 1 aromatic carbocycles. The lowest BCUT2D eigenvalue weighted by Crippen LogP contribution is -2.29. The van der Waals surface area contributed by atoms with Crippen molar-refractivity contribution < 1.29 is 9.53 Å². The molecule has 0 radical (unpaired) electrons. The van der Waals surface area contributed by atoms with Crippen LogP contribution < -0.4 is 15.4 Å². The lowest BCUT2D eigenvalue weighted by atomic mass is 10.3. The number of anilines is 1. The van der Waals surface area contributed by atoms with Gasteiger partial charge in [-0.15, -0.1) is 0 Å². The highest BCUT2D eigenvalue weighted by Crippen LogP contribution is 2.27. The Hall–Kier alpha value is -1.26. The smallest absolute Gasteiger partial charge is 0.238 e. The minimum absolute atomic E-state index is 0.0544. The van der Waals surface area contributed by atoms with Gasteiger partial charge in [0.2, 0.25) is 5.91 Å². The van der Waals surface area contributed by atoms with Gasteiger partial charge < -0.3 is 15.4 Å². The number of rotatable bonds is 5. The maximum Gasteiger partial charge on any atom is 0.238 e. The summed E-state index contributed by atoms with van der Waals surface area (Å²) in [7, 11) is 1.54. The van der Waals surface area contributed by atoms with Crippen molar-refractivity contribution in [3.63, 3.8) is 0 Å². The molecule has 4 nitrogen and oxygen atoms in total. The zero-order valence-corrected chi connectivity index (χ0v) is 10.4. The van der Waals surface area contributed by atoms with Crippen LogP contribution in [0.25, 0.3) is 0 Å². The Morgan fingerprint density at radius 2 is 2.29 bits per heavy atom. The number of hydrogen-bond acceptors (Lipinski definition) is 3. The average molecular weight is 255 g/mol. The van der Waals surface area contributed by atoms with Crippen LogP contribution >= 0.6 is 11.6 Å². The predicted octanol–water partition coefficient (Wildman–Crippen LogP) is 2.04. The van der Waals surface area contributed by atoms with Crippen molar-refractivity contribution in [3.05, 3.63) is 23.2 Å². The van der Waals surface area contributed by atoms with Crippen LogP contribution in [0.3, 0.4) is 0 Å². The van der Waals surface area contributed by atoms with Gasteiger partial charge >= 0.3 is 0 Å². The maximum absolute atomic E-state index is 11.6. The van der Waals surface area contributed by atoms with Crippen molar-refractivity contribution in [2.75, 3.05) is 19.0 Å². The minimum Gasteiger partial charge on any atom is -0.495 e. The molecule has 0 atom stereocenters. The SMILES string of the molecule is COc1cc(NC(=O)CNC2CC2)ccc1Cl. The van der Waals surface area contributed by atoms with Crippen molar-refractivity contribution in [1.29, 1.82) is 0 Å². The van der Waals surface area contributed by atoms with Crippen LogP contribution in [0.5, 0.6) is 5.75 Å². The van der Waals surface area contributed by atoms with E-state index in [0.29, 0.717) is 29.0 Å². The summed E-state index contributed by atoms with van der Waals surface area (Å²) in [6, 6.07) is 5.68. The van der Waals surface area contributed by atoms with Crippen LogP contribution in [-0.4, -0.2) is 25.6 Å². The molecule has 1 aliphatic rings. The highest BCUT2D eigenvalue weighted by Gasteiger charge is 2.21. The summed E-state index contributed by atoms with van der Waals surface area (Å²) >= 11 is 5.89. The zero-order chi connectivity index (χ0) is 12.3. The van der Waals surface area contributed by atoms with Gasteiger partial charge in [0.05, 0.1) is 18.7 Å². The third-order valence-corrected chi connectivity index (χ3v) is 2.88. The summed E-state index contributed by atoms with van der Waals surface area (Å²) in [4.78, 5) is 11.6. The number of carbonyl (C=O) groups excluding carboxylic acids is 1. The number of halogens is 1. The van der Waals surface area contributed by atoms with E-state index in [2.05, 4.69) is 10.6 Å². The Morgan fingerprint density at radius 1 is 1.53 bits per heavy atom. The number of ether oxygens (including phenoxy) is 1. The third-order valence-electron chi connectivity index (χ3n) is 2.56. The number of amides is 1. The molecule has 92 valence electrons. The summed E-state index contributed by atoms with van der Waals surface area (Å²) in [6.07, 6.45) is 2.34. The van der Waals surface area contributed by atoms with E-state index in [0.717, 1.165) is 0 Å². The monoisotopic (exact) mass is 254 g/mol. The minimum atomic E-state index is -0.0544. The van der Waals surface area contributed by atoms with E-state index in [9.17, 15) is 4.79 Å². The summed E-state index contributed by atoms with van der Waals surface area (Å²) in [5, 5.41) is 6.46. The Bertz CT molecular complexity index is 419. The fraction of sp³-hybridized carbons (Fsp3) is 0.417. The van der Waals surface area contributed by atoms with Crippen LogP contribution in [0.15, 0.2) is 18.2 Å². The Kier molecular flexibility index (Phi) is 3.86. The van der Waals surface area contributed by atoms with E-state index in [1.54, 1.807) is 25.3 Å². The molecule has 0 spiro atoms. The van der Waals surface area contributed by atoms with Gasteiger partial charge in [-0.05, 0) is 25.0 Å². The van der Waals surface area contributed by atoms with Crippen molar-refractivity contribution in [1.82, 2.24) is 5.32 Å². The first kappa shape index (κ1) is 12.2. The van der Waals surface area contributed by atoms with Gasteiger partial charge in [-0.1, -0.05) is 11.6 Å². The molecule has 0 unspecified atom stereocenters. The summed E-state index contributed by atoms with van der Waals surface area (Å²) < 4.78 is 5.08.